The van der Waals surface area contributed by atoms with E-state index < -0.39 is 15.1 Å². The van der Waals surface area contributed by atoms with Gasteiger partial charge in [0, 0.05) is 26.2 Å². The van der Waals surface area contributed by atoms with Gasteiger partial charge in [-0.25, -0.2) is 13.4 Å². The number of rotatable bonds is 5. The first-order chi connectivity index (χ1) is 15.1. The van der Waals surface area contributed by atoms with Crippen molar-refractivity contribution >= 4 is 42.4 Å². The zero-order chi connectivity index (χ0) is 23.0. The number of amides is 1. The minimum Gasteiger partial charge on any atom is -0.345 e. The molecular formula is C24H29N3O3S2. The Balaban J connectivity index is 1.37. The first kappa shape index (κ1) is 22.7. The van der Waals surface area contributed by atoms with Gasteiger partial charge >= 0.3 is 0 Å². The van der Waals surface area contributed by atoms with Gasteiger partial charge in [-0.1, -0.05) is 29.5 Å². The van der Waals surface area contributed by atoms with E-state index in [-0.39, 0.29) is 12.3 Å². The number of fused-ring (bicyclic) bond motifs is 1. The van der Waals surface area contributed by atoms with Crippen LogP contribution in [0.2, 0.25) is 0 Å². The molecule has 4 rings (SSSR count). The number of hydrogen-bond donors (Lipinski definition) is 0. The van der Waals surface area contributed by atoms with Crippen LogP contribution < -0.4 is 4.90 Å². The van der Waals surface area contributed by atoms with Crippen LogP contribution in [0, 0.1) is 13.8 Å². The monoisotopic (exact) mass is 471 g/mol. The number of aryl methyl sites for hydroxylation is 2. The Hall–Kier alpha value is -2.45. The van der Waals surface area contributed by atoms with Gasteiger partial charge in [0.05, 0.1) is 26.8 Å². The number of sulfone groups is 1. The molecule has 3 aromatic rings. The molecule has 1 aliphatic heterocycles. The van der Waals surface area contributed by atoms with Crippen molar-refractivity contribution in [2.45, 2.75) is 44.3 Å². The quantitative estimate of drug-likeness (QED) is 0.563. The maximum atomic E-state index is 12.8. The predicted molar refractivity (Wildman–Crippen MR) is 130 cm³/mol. The van der Waals surface area contributed by atoms with Gasteiger partial charge in [-0.15, -0.1) is 0 Å². The second-order valence-corrected chi connectivity index (χ2v) is 12.2. The fourth-order valence-corrected chi connectivity index (χ4v) is 6.13. The summed E-state index contributed by atoms with van der Waals surface area (Å²) in [5, 5.41) is 0.553. The van der Waals surface area contributed by atoms with E-state index in [1.54, 1.807) is 49.4 Å². The highest BCUT2D eigenvalue weighted by Gasteiger charge is 2.24. The topological polar surface area (TPSA) is 70.6 Å². The zero-order valence-corrected chi connectivity index (χ0v) is 20.6. The molecular weight excluding hydrogens is 442 g/mol. The second kappa shape index (κ2) is 8.83. The molecule has 0 unspecified atom stereocenters. The average Bonchev–Trinajstić information content (AvgIpc) is 3.18. The van der Waals surface area contributed by atoms with Gasteiger partial charge in [-0.2, -0.15) is 0 Å². The lowest BCUT2D eigenvalue weighted by Crippen LogP contribution is -2.49. The summed E-state index contributed by atoms with van der Waals surface area (Å²) in [7, 11) is -3.30. The average molecular weight is 472 g/mol. The molecule has 0 N–H and O–H groups in total. The molecule has 1 fully saturated rings. The third kappa shape index (κ3) is 4.52. The Labute approximate surface area is 193 Å². The zero-order valence-electron chi connectivity index (χ0n) is 19.0. The lowest BCUT2D eigenvalue weighted by atomic mass is 10.1. The maximum absolute atomic E-state index is 12.8. The molecule has 32 heavy (non-hydrogen) atoms. The number of nitrogens with zero attached hydrogens (tertiary/aromatic N) is 3. The minimum atomic E-state index is -3.30. The van der Waals surface area contributed by atoms with Crippen LogP contribution in [0.5, 0.6) is 0 Å². The van der Waals surface area contributed by atoms with Crippen molar-refractivity contribution in [3.05, 3.63) is 53.1 Å². The molecule has 0 bridgehead atoms. The summed E-state index contributed by atoms with van der Waals surface area (Å²) >= 11 is 1.72. The number of carbonyl (C=O) groups is 1. The minimum absolute atomic E-state index is 0.0693. The van der Waals surface area contributed by atoms with Gasteiger partial charge in [-0.05, 0) is 62.6 Å². The van der Waals surface area contributed by atoms with Crippen LogP contribution in [0.15, 0.2) is 41.3 Å². The molecule has 0 spiro atoms. The normalized spacial score (nSPS) is 15.0. The lowest BCUT2D eigenvalue weighted by Gasteiger charge is -2.34. The van der Waals surface area contributed by atoms with E-state index in [0.29, 0.717) is 18.0 Å². The van der Waals surface area contributed by atoms with E-state index in [9.17, 15) is 13.2 Å². The molecule has 2 heterocycles. The molecule has 2 aromatic carbocycles. The molecule has 6 nitrogen and oxygen atoms in total. The highest BCUT2D eigenvalue weighted by Crippen LogP contribution is 2.32. The van der Waals surface area contributed by atoms with Gasteiger partial charge in [0.15, 0.2) is 15.0 Å². The summed E-state index contributed by atoms with van der Waals surface area (Å²) < 4.78 is 25.8. The molecule has 0 atom stereocenters. The molecule has 170 valence electrons. The number of piperazine rings is 1. The van der Waals surface area contributed by atoms with Crippen LogP contribution >= 0.6 is 11.3 Å². The molecule has 1 aliphatic rings. The van der Waals surface area contributed by atoms with E-state index in [4.69, 9.17) is 4.98 Å². The fourth-order valence-electron chi connectivity index (χ4n) is 4.00. The van der Waals surface area contributed by atoms with Crippen molar-refractivity contribution in [2.75, 3.05) is 31.1 Å². The number of benzene rings is 2. The summed E-state index contributed by atoms with van der Waals surface area (Å²) in [6, 6.07) is 11.0. The highest BCUT2D eigenvalue weighted by atomic mass is 32.2. The lowest BCUT2D eigenvalue weighted by molar-refractivity contribution is -0.130. The highest BCUT2D eigenvalue weighted by molar-refractivity contribution is 7.92. The van der Waals surface area contributed by atoms with Gasteiger partial charge in [-0.3, -0.25) is 4.79 Å². The second-order valence-electron chi connectivity index (χ2n) is 8.71. The van der Waals surface area contributed by atoms with E-state index in [2.05, 4.69) is 30.9 Å². The van der Waals surface area contributed by atoms with Gasteiger partial charge in [0.1, 0.15) is 0 Å². The summed E-state index contributed by atoms with van der Waals surface area (Å²) in [5.74, 6) is 0.0693. The molecule has 0 aliphatic carbocycles. The van der Waals surface area contributed by atoms with Crippen LogP contribution in [0.3, 0.4) is 0 Å². The summed E-state index contributed by atoms with van der Waals surface area (Å²) in [5.41, 5.74) is 4.35. The predicted octanol–water partition coefficient (Wildman–Crippen LogP) is 3.99. The summed E-state index contributed by atoms with van der Waals surface area (Å²) in [4.78, 5) is 22.1. The van der Waals surface area contributed by atoms with Crippen molar-refractivity contribution in [3.63, 3.8) is 0 Å². The van der Waals surface area contributed by atoms with Crippen molar-refractivity contribution in [3.8, 4) is 0 Å². The van der Waals surface area contributed by atoms with Crippen LogP contribution in [0.25, 0.3) is 10.2 Å². The molecule has 1 saturated heterocycles. The van der Waals surface area contributed by atoms with Crippen molar-refractivity contribution in [2.24, 2.45) is 0 Å². The summed E-state index contributed by atoms with van der Waals surface area (Å²) in [6.07, 6.45) is 0.279. The fraction of sp³-hybridized carbons (Fsp3) is 0.417. The molecule has 0 saturated carbocycles. The SMILES string of the molecule is Cc1cc(C)c2sc(N3CCN(C(=O)Cc4ccc(S(=O)(=O)C(C)C)cc4)CC3)nc2c1. The Morgan fingerprint density at radius 2 is 1.72 bits per heavy atom. The number of aromatic nitrogens is 1. The van der Waals surface area contributed by atoms with Gasteiger partial charge in [0.2, 0.25) is 5.91 Å². The number of thiazole rings is 1. The molecule has 1 amide bonds. The Bertz CT molecular complexity index is 1240. The van der Waals surface area contributed by atoms with E-state index in [1.807, 2.05) is 4.90 Å². The molecule has 0 radical (unpaired) electrons. The largest absolute Gasteiger partial charge is 0.345 e. The smallest absolute Gasteiger partial charge is 0.227 e. The van der Waals surface area contributed by atoms with Crippen molar-refractivity contribution in [1.82, 2.24) is 9.88 Å². The summed E-state index contributed by atoms with van der Waals surface area (Å²) in [6.45, 7) is 10.4. The first-order valence-electron chi connectivity index (χ1n) is 10.9. The first-order valence-corrected chi connectivity index (χ1v) is 13.2. The third-order valence-corrected chi connectivity index (χ3v) is 9.38. The van der Waals surface area contributed by atoms with Gasteiger partial charge < -0.3 is 9.80 Å². The maximum Gasteiger partial charge on any atom is 0.227 e. The van der Waals surface area contributed by atoms with Crippen molar-refractivity contribution < 1.29 is 13.2 Å². The number of hydrogen-bond acceptors (Lipinski definition) is 6. The van der Waals surface area contributed by atoms with Crippen molar-refractivity contribution in [1.29, 1.82) is 0 Å². The van der Waals surface area contributed by atoms with Crippen LogP contribution in [-0.4, -0.2) is 55.6 Å². The van der Waals surface area contributed by atoms with Crippen LogP contribution in [-0.2, 0) is 21.1 Å². The molecule has 8 heteroatoms. The van der Waals surface area contributed by atoms with Crippen LogP contribution in [0.1, 0.15) is 30.5 Å². The Morgan fingerprint density at radius 1 is 1.06 bits per heavy atom. The number of carbonyl (C=O) groups excluding carboxylic acids is 1. The van der Waals surface area contributed by atoms with E-state index >= 15 is 0 Å². The number of anilines is 1. The van der Waals surface area contributed by atoms with Crippen LogP contribution in [0.4, 0.5) is 5.13 Å². The van der Waals surface area contributed by atoms with E-state index in [1.165, 1.54) is 15.8 Å². The standard InChI is InChI=1S/C24H29N3O3S2/c1-16(2)32(29,30)20-7-5-19(6-8-20)15-22(28)26-9-11-27(12-10-26)24-25-21-14-17(3)13-18(4)23(21)31-24/h5-8,13-14,16H,9-12,15H2,1-4H3. The molecule has 1 aromatic heterocycles. The Kier molecular flexibility index (Phi) is 6.27. The van der Waals surface area contributed by atoms with Gasteiger partial charge in [0.25, 0.3) is 0 Å². The Morgan fingerprint density at radius 3 is 2.34 bits per heavy atom. The third-order valence-electron chi connectivity index (χ3n) is 5.94. The van der Waals surface area contributed by atoms with E-state index in [0.717, 1.165) is 29.3 Å².